The van der Waals surface area contributed by atoms with Crippen LogP contribution in [-0.2, 0) is 9.59 Å². The quantitative estimate of drug-likeness (QED) is 0.646. The van der Waals surface area contributed by atoms with Gasteiger partial charge in [-0.1, -0.05) is 6.08 Å². The topological polar surface area (TPSA) is 37.4 Å². The molecule has 2 heterocycles. The monoisotopic (exact) mass is 207 g/mol. The molecule has 1 atom stereocenters. The molecule has 0 unspecified atom stereocenters. The third kappa shape index (κ3) is 1.50. The first-order valence-corrected chi connectivity index (χ1v) is 5.65. The zero-order chi connectivity index (χ0) is 10.9. The third-order valence-electron chi connectivity index (χ3n) is 3.59. The van der Waals surface area contributed by atoms with Crippen molar-refractivity contribution in [2.45, 2.75) is 44.1 Å². The minimum atomic E-state index is -0.519. The molecule has 0 aromatic rings. The van der Waals surface area contributed by atoms with Crippen molar-refractivity contribution in [3.05, 3.63) is 12.7 Å². The lowest BCUT2D eigenvalue weighted by Crippen LogP contribution is -2.51. The normalized spacial score (nSPS) is 31.3. The summed E-state index contributed by atoms with van der Waals surface area (Å²) in [5.41, 5.74) is -0.519. The van der Waals surface area contributed by atoms with Gasteiger partial charge in [-0.2, -0.15) is 0 Å². The highest BCUT2D eigenvalue weighted by molar-refractivity contribution is 5.95. The van der Waals surface area contributed by atoms with E-state index >= 15 is 0 Å². The highest BCUT2D eigenvalue weighted by Gasteiger charge is 2.48. The van der Waals surface area contributed by atoms with Crippen LogP contribution >= 0.6 is 0 Å². The molecular weight excluding hydrogens is 190 g/mol. The summed E-state index contributed by atoms with van der Waals surface area (Å²) in [5, 5.41) is 0. The number of hydrogen-bond acceptors (Lipinski definition) is 2. The van der Waals surface area contributed by atoms with Crippen LogP contribution in [0.1, 0.15) is 38.5 Å². The van der Waals surface area contributed by atoms with Crippen molar-refractivity contribution in [1.82, 2.24) is 4.90 Å². The number of ketones is 1. The van der Waals surface area contributed by atoms with E-state index in [1.54, 1.807) is 6.08 Å². The summed E-state index contributed by atoms with van der Waals surface area (Å²) < 4.78 is 0. The Bertz CT molecular complexity index is 311. The van der Waals surface area contributed by atoms with Gasteiger partial charge in [0.05, 0.1) is 0 Å². The molecule has 2 fully saturated rings. The minimum absolute atomic E-state index is 0.153. The lowest BCUT2D eigenvalue weighted by Gasteiger charge is -2.35. The van der Waals surface area contributed by atoms with E-state index in [2.05, 4.69) is 6.58 Å². The molecule has 0 saturated carbocycles. The van der Waals surface area contributed by atoms with Gasteiger partial charge in [-0.25, -0.2) is 0 Å². The second-order valence-corrected chi connectivity index (χ2v) is 4.45. The number of rotatable bonds is 2. The van der Waals surface area contributed by atoms with E-state index in [0.717, 1.165) is 19.4 Å². The molecule has 0 aliphatic carbocycles. The van der Waals surface area contributed by atoms with Gasteiger partial charge in [-0.15, -0.1) is 6.58 Å². The summed E-state index contributed by atoms with van der Waals surface area (Å²) in [5.74, 6) is 0.394. The highest BCUT2D eigenvalue weighted by Crippen LogP contribution is 2.37. The van der Waals surface area contributed by atoms with Crippen molar-refractivity contribution in [1.29, 1.82) is 0 Å². The second kappa shape index (κ2) is 3.80. The first-order valence-electron chi connectivity index (χ1n) is 5.65. The molecule has 0 aromatic heterocycles. The summed E-state index contributed by atoms with van der Waals surface area (Å²) in [6, 6.07) is 0. The number of carbonyl (C=O) groups excluding carboxylic acids is 2. The molecule has 2 rings (SSSR count). The largest absolute Gasteiger partial charge is 0.330 e. The minimum Gasteiger partial charge on any atom is -0.330 e. The lowest BCUT2D eigenvalue weighted by atomic mass is 9.86. The van der Waals surface area contributed by atoms with Crippen LogP contribution in [0.3, 0.4) is 0 Å². The molecule has 2 aliphatic rings. The van der Waals surface area contributed by atoms with Crippen LogP contribution in [0.5, 0.6) is 0 Å². The summed E-state index contributed by atoms with van der Waals surface area (Å²) >= 11 is 0. The Kier molecular flexibility index (Phi) is 2.63. The first-order chi connectivity index (χ1) is 7.20. The molecule has 0 spiro atoms. The van der Waals surface area contributed by atoms with E-state index in [0.29, 0.717) is 25.7 Å². The van der Waals surface area contributed by atoms with Gasteiger partial charge in [-0.3, -0.25) is 9.59 Å². The standard InChI is InChI=1S/C12H17NO2/c1-2-7-12-8-4-9-13(12)11(15)6-3-5-10(12)14/h2H,1,3-9H2/t12-/m0/s1. The van der Waals surface area contributed by atoms with Gasteiger partial charge in [-0.05, 0) is 25.7 Å². The van der Waals surface area contributed by atoms with E-state index < -0.39 is 5.54 Å². The molecule has 0 bridgehead atoms. The zero-order valence-corrected chi connectivity index (χ0v) is 9.00. The van der Waals surface area contributed by atoms with Gasteiger partial charge in [0, 0.05) is 19.4 Å². The summed E-state index contributed by atoms with van der Waals surface area (Å²) in [4.78, 5) is 25.8. The lowest BCUT2D eigenvalue weighted by molar-refractivity contribution is -0.141. The van der Waals surface area contributed by atoms with Crippen molar-refractivity contribution in [2.75, 3.05) is 6.54 Å². The number of Topliss-reactive ketones (excluding diaryl/α,β-unsaturated/α-hetero) is 1. The molecule has 3 heteroatoms. The summed E-state index contributed by atoms with van der Waals surface area (Å²) in [6.07, 6.45) is 5.97. The number of amides is 1. The van der Waals surface area contributed by atoms with Gasteiger partial charge in [0.25, 0.3) is 0 Å². The Morgan fingerprint density at radius 3 is 2.87 bits per heavy atom. The number of hydrogen-bond donors (Lipinski definition) is 0. The molecule has 82 valence electrons. The van der Waals surface area contributed by atoms with Crippen molar-refractivity contribution in [2.24, 2.45) is 0 Å². The summed E-state index contributed by atoms with van der Waals surface area (Å²) in [7, 11) is 0. The molecular formula is C12H17NO2. The maximum atomic E-state index is 12.1. The van der Waals surface area contributed by atoms with E-state index in [4.69, 9.17) is 0 Å². The van der Waals surface area contributed by atoms with Gasteiger partial charge in [0.1, 0.15) is 5.54 Å². The van der Waals surface area contributed by atoms with Crippen LogP contribution in [0, 0.1) is 0 Å². The Morgan fingerprint density at radius 2 is 2.13 bits per heavy atom. The molecule has 15 heavy (non-hydrogen) atoms. The molecule has 1 amide bonds. The smallest absolute Gasteiger partial charge is 0.223 e. The predicted octanol–water partition coefficient (Wildman–Crippen LogP) is 1.68. The average Bonchev–Trinajstić information content (AvgIpc) is 2.59. The first kappa shape index (κ1) is 10.4. The fraction of sp³-hybridized carbons (Fsp3) is 0.667. The molecule has 0 radical (unpaired) electrons. The average molecular weight is 207 g/mol. The van der Waals surface area contributed by atoms with E-state index in [9.17, 15) is 9.59 Å². The Hall–Kier alpha value is -1.12. The molecule has 0 aromatic carbocycles. The molecule has 2 saturated heterocycles. The van der Waals surface area contributed by atoms with Gasteiger partial charge < -0.3 is 4.90 Å². The fourth-order valence-corrected chi connectivity index (χ4v) is 2.86. The van der Waals surface area contributed by atoms with Crippen LogP contribution in [0.25, 0.3) is 0 Å². The van der Waals surface area contributed by atoms with Crippen molar-refractivity contribution in [3.8, 4) is 0 Å². The van der Waals surface area contributed by atoms with Crippen LogP contribution in [-0.4, -0.2) is 28.7 Å². The Labute approximate surface area is 90.1 Å². The fourth-order valence-electron chi connectivity index (χ4n) is 2.86. The second-order valence-electron chi connectivity index (χ2n) is 4.45. The van der Waals surface area contributed by atoms with E-state index in [1.807, 2.05) is 4.90 Å². The van der Waals surface area contributed by atoms with E-state index in [1.165, 1.54) is 0 Å². The third-order valence-corrected chi connectivity index (χ3v) is 3.59. The van der Waals surface area contributed by atoms with E-state index in [-0.39, 0.29) is 11.7 Å². The van der Waals surface area contributed by atoms with Gasteiger partial charge in [0.15, 0.2) is 5.78 Å². The van der Waals surface area contributed by atoms with Crippen LogP contribution in [0.15, 0.2) is 12.7 Å². The molecule has 2 aliphatic heterocycles. The van der Waals surface area contributed by atoms with Crippen LogP contribution in [0.2, 0.25) is 0 Å². The van der Waals surface area contributed by atoms with Crippen LogP contribution < -0.4 is 0 Å². The number of nitrogens with zero attached hydrogens (tertiary/aromatic N) is 1. The summed E-state index contributed by atoms with van der Waals surface area (Å²) in [6.45, 7) is 4.46. The van der Waals surface area contributed by atoms with Crippen molar-refractivity contribution >= 4 is 11.7 Å². The molecule has 0 N–H and O–H groups in total. The highest BCUT2D eigenvalue weighted by atomic mass is 16.2. The molecule has 3 nitrogen and oxygen atoms in total. The maximum Gasteiger partial charge on any atom is 0.223 e. The SMILES string of the molecule is C=CC[C@@]12CCCN1C(=O)CCCC2=O. The number of fused-ring (bicyclic) bond motifs is 1. The van der Waals surface area contributed by atoms with Gasteiger partial charge >= 0.3 is 0 Å². The van der Waals surface area contributed by atoms with Gasteiger partial charge in [0.2, 0.25) is 5.91 Å². The number of carbonyl (C=O) groups is 2. The predicted molar refractivity (Wildman–Crippen MR) is 57.4 cm³/mol. The Morgan fingerprint density at radius 1 is 1.33 bits per heavy atom. The van der Waals surface area contributed by atoms with Crippen molar-refractivity contribution in [3.63, 3.8) is 0 Å². The van der Waals surface area contributed by atoms with Crippen molar-refractivity contribution < 1.29 is 9.59 Å². The zero-order valence-electron chi connectivity index (χ0n) is 9.00. The van der Waals surface area contributed by atoms with Crippen LogP contribution in [0.4, 0.5) is 0 Å². The maximum absolute atomic E-state index is 12.1. The Balaban J connectivity index is 2.36.